The smallest absolute Gasteiger partial charge is 0.324 e. The van der Waals surface area contributed by atoms with E-state index in [4.69, 9.17) is 4.42 Å². The van der Waals surface area contributed by atoms with E-state index in [1.807, 2.05) is 6.07 Å². The Hall–Kier alpha value is -3.74. The molecule has 1 saturated heterocycles. The van der Waals surface area contributed by atoms with Crippen LogP contribution in [0.5, 0.6) is 0 Å². The number of para-hydroxylation sites is 1. The normalized spacial score (nSPS) is 15.1. The van der Waals surface area contributed by atoms with Crippen LogP contribution in [0, 0.1) is 0 Å². The molecule has 0 saturated carbocycles. The summed E-state index contributed by atoms with van der Waals surface area (Å²) in [4.78, 5) is 32.2. The summed E-state index contributed by atoms with van der Waals surface area (Å²) in [5.74, 6) is -1.09. The molecule has 0 bridgehead atoms. The predicted octanol–water partition coefficient (Wildman–Crippen LogP) is 3.53. The van der Waals surface area contributed by atoms with Gasteiger partial charge in [-0.2, -0.15) is 13.1 Å². The summed E-state index contributed by atoms with van der Waals surface area (Å²) >= 11 is 0. The molecule has 1 aliphatic heterocycles. The molecule has 13 heteroatoms. The second kappa shape index (κ2) is 10.3. The van der Waals surface area contributed by atoms with E-state index in [1.165, 1.54) is 13.1 Å². The van der Waals surface area contributed by atoms with Crippen LogP contribution in [-0.2, 0) is 21.1 Å². The maximum atomic E-state index is 13.4. The van der Waals surface area contributed by atoms with Crippen LogP contribution in [0.2, 0.25) is 0 Å². The number of rotatable bonds is 5. The molecule has 1 fully saturated rings. The maximum Gasteiger partial charge on any atom is 0.324 e. The molecule has 3 heterocycles. The third-order valence-corrected chi connectivity index (χ3v) is 7.47. The molecule has 10 nitrogen and oxygen atoms in total. The van der Waals surface area contributed by atoms with Gasteiger partial charge < -0.3 is 9.32 Å². The van der Waals surface area contributed by atoms with E-state index in [1.54, 1.807) is 46.2 Å². The Morgan fingerprint density at radius 2 is 1.86 bits per heavy atom. The number of halogens is 2. The molecule has 2 aromatic heterocycles. The van der Waals surface area contributed by atoms with Gasteiger partial charge in [0.25, 0.3) is 11.8 Å². The second-order valence-electron chi connectivity index (χ2n) is 7.77. The van der Waals surface area contributed by atoms with Crippen molar-refractivity contribution in [3.05, 3.63) is 60.2 Å². The lowest BCUT2D eigenvalue weighted by Crippen LogP contribution is -2.49. The van der Waals surface area contributed by atoms with E-state index in [9.17, 15) is 22.6 Å². The number of carbonyl (C=O) groups is 2. The fourth-order valence-corrected chi connectivity index (χ4v) is 5.40. The number of carbonyl (C=O) groups excluding carboxylic acids is 2. The summed E-state index contributed by atoms with van der Waals surface area (Å²) in [5, 5.41) is 6.91. The number of hydrogen-bond donors (Lipinski definition) is 0. The molecule has 3 aromatic rings. The third-order valence-electron chi connectivity index (χ3n) is 5.24. The summed E-state index contributed by atoms with van der Waals surface area (Å²) in [5.41, 5.74) is 1.54. The number of amides is 3. The molecule has 35 heavy (non-hydrogen) atoms. The van der Waals surface area contributed by atoms with Crippen LogP contribution < -0.4 is 4.90 Å². The average molecular weight is 505 g/mol. The SMILES string of the molecule is CC(=O)N=S1(=O)CCN(C(=O)N(Cc2ccc(-c3nnc(C(F)F)o3)cn2)c2ccccc2)CC1. The fraction of sp³-hybridized carbons (Fsp3) is 0.318. The molecule has 184 valence electrons. The monoisotopic (exact) mass is 504 g/mol. The van der Waals surface area contributed by atoms with Gasteiger partial charge >= 0.3 is 12.5 Å². The molecule has 3 amide bonds. The van der Waals surface area contributed by atoms with Crippen LogP contribution in [0.15, 0.2) is 57.4 Å². The zero-order chi connectivity index (χ0) is 25.0. The standard InChI is InChI=1S/C22H22F2N6O4S/c1-15(31)28-35(33)11-9-29(10-12-35)22(32)30(18-5-3-2-4-6-18)14-17-8-7-16(13-25-17)20-26-27-21(34-20)19(23)24/h2-8,13,19H,9-12,14H2,1H3. The Labute approximate surface area is 200 Å². The third kappa shape index (κ3) is 5.85. The van der Waals surface area contributed by atoms with E-state index in [2.05, 4.69) is 19.5 Å². The quantitative estimate of drug-likeness (QED) is 0.521. The number of benzene rings is 1. The van der Waals surface area contributed by atoms with E-state index in [-0.39, 0.29) is 43.1 Å². The van der Waals surface area contributed by atoms with Gasteiger partial charge in [0.05, 0.1) is 39.0 Å². The molecule has 1 aromatic carbocycles. The lowest BCUT2D eigenvalue weighted by atomic mass is 10.2. The Morgan fingerprint density at radius 1 is 1.14 bits per heavy atom. The first-order valence-corrected chi connectivity index (χ1v) is 12.5. The van der Waals surface area contributed by atoms with Gasteiger partial charge in [0.2, 0.25) is 5.89 Å². The summed E-state index contributed by atoms with van der Waals surface area (Å²) < 4.78 is 46.8. The van der Waals surface area contributed by atoms with Crippen LogP contribution in [0.25, 0.3) is 11.5 Å². The summed E-state index contributed by atoms with van der Waals surface area (Å²) in [6.45, 7) is 1.79. The molecular weight excluding hydrogens is 482 g/mol. The number of alkyl halides is 2. The van der Waals surface area contributed by atoms with Crippen molar-refractivity contribution in [2.45, 2.75) is 19.9 Å². The van der Waals surface area contributed by atoms with Crippen molar-refractivity contribution < 1.29 is 27.0 Å². The van der Waals surface area contributed by atoms with E-state index in [0.29, 0.717) is 16.9 Å². The summed E-state index contributed by atoms with van der Waals surface area (Å²) in [6.07, 6.45) is -1.46. The van der Waals surface area contributed by atoms with Gasteiger partial charge in [-0.1, -0.05) is 18.2 Å². The zero-order valence-electron chi connectivity index (χ0n) is 18.7. The Balaban J connectivity index is 1.52. The minimum atomic E-state index is -2.87. The lowest BCUT2D eigenvalue weighted by molar-refractivity contribution is -0.115. The summed E-state index contributed by atoms with van der Waals surface area (Å²) in [6, 6.07) is 11.9. The van der Waals surface area contributed by atoms with Gasteiger partial charge in [-0.3, -0.25) is 14.7 Å². The highest BCUT2D eigenvalue weighted by Crippen LogP contribution is 2.24. The fourth-order valence-electron chi connectivity index (χ4n) is 3.53. The van der Waals surface area contributed by atoms with Crippen molar-refractivity contribution in [3.63, 3.8) is 0 Å². The number of hydrogen-bond acceptors (Lipinski definition) is 7. The number of pyridine rings is 1. The van der Waals surface area contributed by atoms with Crippen molar-refractivity contribution >= 4 is 27.4 Å². The molecule has 1 aliphatic rings. The molecule has 0 unspecified atom stereocenters. The van der Waals surface area contributed by atoms with Gasteiger partial charge in [0, 0.05) is 31.9 Å². The van der Waals surface area contributed by atoms with Gasteiger partial charge in [-0.05, 0) is 24.3 Å². The number of anilines is 1. The van der Waals surface area contributed by atoms with E-state index >= 15 is 0 Å². The Morgan fingerprint density at radius 3 is 2.43 bits per heavy atom. The minimum absolute atomic E-state index is 0.0803. The highest BCUT2D eigenvalue weighted by atomic mass is 32.2. The highest BCUT2D eigenvalue weighted by molar-refractivity contribution is 7.94. The Bertz CT molecular complexity index is 1310. The number of aromatic nitrogens is 3. The molecule has 0 aliphatic carbocycles. The van der Waals surface area contributed by atoms with E-state index in [0.717, 1.165) is 0 Å². The van der Waals surface area contributed by atoms with Crippen molar-refractivity contribution in [1.82, 2.24) is 20.1 Å². The van der Waals surface area contributed by atoms with Crippen LogP contribution in [-0.4, -0.2) is 60.8 Å². The van der Waals surface area contributed by atoms with Gasteiger partial charge in [0.15, 0.2) is 0 Å². The van der Waals surface area contributed by atoms with Crippen LogP contribution in [0.3, 0.4) is 0 Å². The molecule has 0 atom stereocenters. The first-order chi connectivity index (χ1) is 16.7. The van der Waals surface area contributed by atoms with Gasteiger partial charge in [-0.25, -0.2) is 9.00 Å². The van der Waals surface area contributed by atoms with Gasteiger partial charge in [0.1, 0.15) is 0 Å². The van der Waals surface area contributed by atoms with Crippen LogP contribution in [0.4, 0.5) is 19.3 Å². The molecule has 4 rings (SSSR count). The maximum absolute atomic E-state index is 13.4. The largest absolute Gasteiger partial charge is 0.415 e. The van der Waals surface area contributed by atoms with Crippen LogP contribution >= 0.6 is 0 Å². The first kappa shape index (κ1) is 24.4. The van der Waals surface area contributed by atoms with Crippen molar-refractivity contribution in [2.24, 2.45) is 4.36 Å². The molecule has 0 spiro atoms. The minimum Gasteiger partial charge on any atom is -0.415 e. The summed E-state index contributed by atoms with van der Waals surface area (Å²) in [7, 11) is -2.66. The molecule has 0 N–H and O–H groups in total. The lowest BCUT2D eigenvalue weighted by Gasteiger charge is -2.33. The molecule has 0 radical (unpaired) electrons. The highest BCUT2D eigenvalue weighted by Gasteiger charge is 2.29. The predicted molar refractivity (Wildman–Crippen MR) is 123 cm³/mol. The van der Waals surface area contributed by atoms with E-state index < -0.39 is 28.0 Å². The number of urea groups is 1. The van der Waals surface area contributed by atoms with Crippen LogP contribution in [0.1, 0.15) is 24.9 Å². The molecular formula is C22H22F2N6O4S. The first-order valence-electron chi connectivity index (χ1n) is 10.7. The number of nitrogens with zero attached hydrogens (tertiary/aromatic N) is 6. The van der Waals surface area contributed by atoms with Crippen molar-refractivity contribution in [3.8, 4) is 11.5 Å². The Kier molecular flexibility index (Phi) is 7.15. The second-order valence-corrected chi connectivity index (χ2v) is 10.3. The van der Waals surface area contributed by atoms with Crippen molar-refractivity contribution in [2.75, 3.05) is 29.5 Å². The average Bonchev–Trinajstić information content (AvgIpc) is 3.34. The topological polar surface area (TPSA) is 122 Å². The van der Waals surface area contributed by atoms with Crippen molar-refractivity contribution in [1.29, 1.82) is 0 Å². The van der Waals surface area contributed by atoms with Gasteiger partial charge in [-0.15, -0.1) is 10.2 Å². The zero-order valence-corrected chi connectivity index (χ0v) is 19.5.